The molecule has 0 aromatic heterocycles. The van der Waals surface area contributed by atoms with Crippen LogP contribution in [0.15, 0.2) is 115 Å². The number of halogens is 6. The Morgan fingerprint density at radius 1 is 0.538 bits per heavy atom. The Morgan fingerprint density at radius 3 is 1.21 bits per heavy atom. The van der Waals surface area contributed by atoms with Crippen molar-refractivity contribution >= 4 is 109 Å². The van der Waals surface area contributed by atoms with Gasteiger partial charge in [0.15, 0.2) is 9.84 Å². The molecule has 9 heteroatoms. The van der Waals surface area contributed by atoms with Crippen molar-refractivity contribution in [3.63, 3.8) is 0 Å². The second-order valence-electron chi connectivity index (χ2n) is 8.58. The lowest BCUT2D eigenvalue weighted by Gasteiger charge is -2.22. The van der Waals surface area contributed by atoms with Crippen molar-refractivity contribution in [1.29, 1.82) is 0 Å². The standard InChI is InChI=1S/C30H20Br4Cl2O2S/c31-23-9-3-21(4-10-23)29(15-7-19-1-13-25(33)17-27(19)35)39(37,38)30(22-5-11-24(32)12-6-22)16-8-20-2-14-26(34)18-28(20)36/h1-18,29-30H/b15-7+,16-8+. The summed E-state index contributed by atoms with van der Waals surface area (Å²) in [4.78, 5) is 0. The highest BCUT2D eigenvalue weighted by molar-refractivity contribution is 9.11. The van der Waals surface area contributed by atoms with Crippen molar-refractivity contribution in [3.05, 3.63) is 147 Å². The van der Waals surface area contributed by atoms with Crippen LogP contribution in [-0.2, 0) is 9.84 Å². The Bertz CT molecular complexity index is 1520. The molecule has 4 rings (SSSR count). The van der Waals surface area contributed by atoms with E-state index in [-0.39, 0.29) is 0 Å². The number of rotatable bonds is 8. The normalized spacial score (nSPS) is 13.7. The molecule has 0 N–H and O–H groups in total. The van der Waals surface area contributed by atoms with Crippen LogP contribution in [0.4, 0.5) is 0 Å². The molecule has 0 saturated carbocycles. The van der Waals surface area contributed by atoms with E-state index in [1.165, 1.54) is 0 Å². The first kappa shape index (κ1) is 30.8. The van der Waals surface area contributed by atoms with Crippen molar-refractivity contribution in [2.75, 3.05) is 0 Å². The van der Waals surface area contributed by atoms with Gasteiger partial charge >= 0.3 is 0 Å². The smallest absolute Gasteiger partial charge is 0.171 e. The molecule has 0 aliphatic carbocycles. The quantitative estimate of drug-likeness (QED) is 0.177. The fourth-order valence-corrected chi connectivity index (χ4v) is 7.92. The van der Waals surface area contributed by atoms with E-state index in [0.29, 0.717) is 21.2 Å². The first-order valence-electron chi connectivity index (χ1n) is 11.5. The second-order valence-corrected chi connectivity index (χ2v) is 15.3. The Morgan fingerprint density at radius 2 is 0.872 bits per heavy atom. The molecule has 0 aliphatic rings. The molecule has 0 saturated heterocycles. The molecule has 2 unspecified atom stereocenters. The van der Waals surface area contributed by atoms with Crippen LogP contribution in [0, 0.1) is 0 Å². The molecular weight excluding hydrogens is 815 g/mol. The van der Waals surface area contributed by atoms with Crippen molar-refractivity contribution in [2.24, 2.45) is 0 Å². The van der Waals surface area contributed by atoms with E-state index in [0.717, 1.165) is 29.0 Å². The van der Waals surface area contributed by atoms with Gasteiger partial charge in [0.2, 0.25) is 0 Å². The molecule has 200 valence electrons. The molecule has 0 amide bonds. The van der Waals surface area contributed by atoms with Gasteiger partial charge in [-0.05, 0) is 70.8 Å². The molecular formula is C30H20Br4Cl2O2S. The van der Waals surface area contributed by atoms with Crippen LogP contribution in [0.2, 0.25) is 10.0 Å². The van der Waals surface area contributed by atoms with Crippen LogP contribution in [-0.4, -0.2) is 8.42 Å². The molecule has 0 aliphatic heterocycles. The van der Waals surface area contributed by atoms with Gasteiger partial charge in [-0.2, -0.15) is 0 Å². The number of sulfone groups is 1. The maximum atomic E-state index is 14.5. The summed E-state index contributed by atoms with van der Waals surface area (Å²) >= 11 is 26.6. The molecule has 0 fully saturated rings. The summed E-state index contributed by atoms with van der Waals surface area (Å²) in [5.41, 5.74) is 2.71. The van der Waals surface area contributed by atoms with Gasteiger partial charge in [-0.3, -0.25) is 0 Å². The van der Waals surface area contributed by atoms with Gasteiger partial charge in [0.05, 0.1) is 0 Å². The maximum absolute atomic E-state index is 14.5. The van der Waals surface area contributed by atoms with E-state index in [1.54, 1.807) is 36.4 Å². The molecule has 0 bridgehead atoms. The van der Waals surface area contributed by atoms with Crippen LogP contribution in [0.3, 0.4) is 0 Å². The van der Waals surface area contributed by atoms with Gasteiger partial charge < -0.3 is 0 Å². The lowest BCUT2D eigenvalue weighted by molar-refractivity contribution is 0.584. The average molecular weight is 835 g/mol. The highest BCUT2D eigenvalue weighted by Crippen LogP contribution is 2.39. The predicted octanol–water partition coefficient (Wildman–Crippen LogP) is 11.7. The van der Waals surface area contributed by atoms with Gasteiger partial charge in [-0.1, -0.05) is 148 Å². The van der Waals surface area contributed by atoms with Gasteiger partial charge in [-0.25, -0.2) is 8.42 Å². The highest BCUT2D eigenvalue weighted by atomic mass is 79.9. The number of benzene rings is 4. The van der Waals surface area contributed by atoms with Crippen LogP contribution in [0.25, 0.3) is 12.2 Å². The second kappa shape index (κ2) is 13.6. The number of hydrogen-bond acceptors (Lipinski definition) is 2. The zero-order chi connectivity index (χ0) is 28.2. The molecule has 4 aromatic rings. The lowest BCUT2D eigenvalue weighted by Crippen LogP contribution is -2.19. The van der Waals surface area contributed by atoms with Crippen LogP contribution < -0.4 is 0 Å². The third-order valence-corrected chi connectivity index (χ3v) is 10.9. The van der Waals surface area contributed by atoms with E-state index >= 15 is 0 Å². The Balaban J connectivity index is 1.85. The Kier molecular flexibility index (Phi) is 10.8. The maximum Gasteiger partial charge on any atom is 0.171 e. The van der Waals surface area contributed by atoms with Gasteiger partial charge in [0.25, 0.3) is 0 Å². The van der Waals surface area contributed by atoms with Crippen LogP contribution >= 0.6 is 86.9 Å². The van der Waals surface area contributed by atoms with Gasteiger partial charge in [-0.15, -0.1) is 0 Å². The average Bonchev–Trinajstić information content (AvgIpc) is 2.88. The minimum absolute atomic E-state index is 0.516. The zero-order valence-electron chi connectivity index (χ0n) is 20.0. The van der Waals surface area contributed by atoms with Crippen molar-refractivity contribution in [2.45, 2.75) is 10.5 Å². The van der Waals surface area contributed by atoms with Crippen LogP contribution in [0.1, 0.15) is 32.8 Å². The molecule has 0 spiro atoms. The minimum atomic E-state index is -3.89. The van der Waals surface area contributed by atoms with E-state index in [2.05, 4.69) is 63.7 Å². The van der Waals surface area contributed by atoms with Gasteiger partial charge in [0, 0.05) is 27.9 Å². The molecule has 2 nitrogen and oxygen atoms in total. The van der Waals surface area contributed by atoms with Crippen molar-refractivity contribution in [1.82, 2.24) is 0 Å². The molecule has 0 radical (unpaired) electrons. The van der Waals surface area contributed by atoms with Crippen molar-refractivity contribution < 1.29 is 8.42 Å². The molecule has 2 atom stereocenters. The fraction of sp³-hybridized carbons (Fsp3) is 0.0667. The van der Waals surface area contributed by atoms with E-state index < -0.39 is 20.3 Å². The van der Waals surface area contributed by atoms with Crippen LogP contribution in [0.5, 0.6) is 0 Å². The monoisotopic (exact) mass is 830 g/mol. The zero-order valence-corrected chi connectivity index (χ0v) is 28.7. The van der Waals surface area contributed by atoms with E-state index in [1.807, 2.05) is 72.8 Å². The molecule has 0 heterocycles. The Labute approximate surface area is 272 Å². The Hall–Kier alpha value is -1.19. The first-order valence-corrected chi connectivity index (χ1v) is 17.1. The summed E-state index contributed by atoms with van der Waals surface area (Å²) in [6.45, 7) is 0. The summed E-state index contributed by atoms with van der Waals surface area (Å²) in [6.07, 6.45) is 6.90. The number of hydrogen-bond donors (Lipinski definition) is 0. The third-order valence-electron chi connectivity index (χ3n) is 5.93. The summed E-state index contributed by atoms with van der Waals surface area (Å²) in [7, 11) is -3.89. The van der Waals surface area contributed by atoms with E-state index in [4.69, 9.17) is 23.2 Å². The SMILES string of the molecule is O=S(=O)(C(/C=C/c1ccc(Br)cc1Cl)c1ccc(Br)cc1)C(/C=C/c1ccc(Br)cc1Cl)c1ccc(Br)cc1. The summed E-state index contributed by atoms with van der Waals surface area (Å²) < 4.78 is 32.4. The third kappa shape index (κ3) is 7.97. The fourth-order valence-electron chi connectivity index (χ4n) is 3.94. The first-order chi connectivity index (χ1) is 18.5. The lowest BCUT2D eigenvalue weighted by atomic mass is 10.1. The van der Waals surface area contributed by atoms with E-state index in [9.17, 15) is 8.42 Å². The predicted molar refractivity (Wildman–Crippen MR) is 179 cm³/mol. The highest BCUT2D eigenvalue weighted by Gasteiger charge is 2.33. The van der Waals surface area contributed by atoms with Gasteiger partial charge in [0.1, 0.15) is 10.5 Å². The summed E-state index contributed by atoms with van der Waals surface area (Å²) in [5.74, 6) is 0. The summed E-state index contributed by atoms with van der Waals surface area (Å²) in [6, 6.07) is 25.6. The topological polar surface area (TPSA) is 34.1 Å². The minimum Gasteiger partial charge on any atom is -0.227 e. The summed E-state index contributed by atoms with van der Waals surface area (Å²) in [5, 5.41) is -0.878. The molecule has 39 heavy (non-hydrogen) atoms. The van der Waals surface area contributed by atoms with Crippen molar-refractivity contribution in [3.8, 4) is 0 Å². The largest absolute Gasteiger partial charge is 0.227 e. The molecule has 4 aromatic carbocycles.